The Hall–Kier alpha value is -15.4. The average molecular weight is 1460 g/mol. The quantitative estimate of drug-likeness (QED) is 0.102. The lowest BCUT2D eigenvalue weighted by Gasteiger charge is -2.27. The minimum absolute atomic E-state index is 0.840. The normalized spacial score (nSPS) is 11.3. The van der Waals surface area contributed by atoms with E-state index in [-0.39, 0.29) is 0 Å². The van der Waals surface area contributed by atoms with Gasteiger partial charge >= 0.3 is 0 Å². The zero-order valence-electron chi connectivity index (χ0n) is 62.1. The summed E-state index contributed by atoms with van der Waals surface area (Å²) >= 11 is 0. The van der Waals surface area contributed by atoms with Gasteiger partial charge in [0.2, 0.25) is 0 Å². The van der Waals surface area contributed by atoms with Crippen LogP contribution in [0.3, 0.4) is 0 Å². The minimum atomic E-state index is 0.840. The number of nitrogens with zero attached hydrogens (tertiary/aromatic N) is 8. The Balaban J connectivity index is 0.000000149. The van der Waals surface area contributed by atoms with Gasteiger partial charge in [-0.3, -0.25) is 0 Å². The molecule has 0 aliphatic carbocycles. The van der Waals surface area contributed by atoms with Crippen LogP contribution in [-0.2, 0) is 0 Å². The molecule has 0 radical (unpaired) electrons. The lowest BCUT2D eigenvalue weighted by Crippen LogP contribution is -2.10. The van der Waals surface area contributed by atoms with E-state index in [1.807, 2.05) is 36.4 Å². The molecule has 114 heavy (non-hydrogen) atoms. The van der Waals surface area contributed by atoms with Crippen molar-refractivity contribution in [3.05, 3.63) is 437 Å². The van der Waals surface area contributed by atoms with Crippen LogP contribution < -0.4 is 9.80 Å². The second kappa shape index (κ2) is 29.9. The number of benzene rings is 17. The molecule has 21 rings (SSSR count). The van der Waals surface area contributed by atoms with Gasteiger partial charge in [0, 0.05) is 77.9 Å². The van der Waals surface area contributed by atoms with E-state index < -0.39 is 0 Å². The largest absolute Gasteiger partial charge is 0.310 e. The Bertz CT molecular complexity index is 6940. The number of rotatable bonds is 15. The van der Waals surface area contributed by atoms with Gasteiger partial charge in [-0.15, -0.1) is 0 Å². The monoisotopic (exact) mass is 1460 g/mol. The fourth-order valence-electron chi connectivity index (χ4n) is 16.2. The predicted molar refractivity (Wildman–Crippen MR) is 475 cm³/mol. The van der Waals surface area contributed by atoms with Crippen molar-refractivity contribution < 1.29 is 0 Å². The van der Waals surface area contributed by atoms with Crippen molar-refractivity contribution in [3.63, 3.8) is 0 Å². The summed E-state index contributed by atoms with van der Waals surface area (Å²) in [5, 5.41) is 4.70. The maximum absolute atomic E-state index is 5.35. The molecule has 0 amide bonds. The van der Waals surface area contributed by atoms with Gasteiger partial charge < -0.3 is 18.9 Å². The van der Waals surface area contributed by atoms with Crippen LogP contribution in [0.5, 0.6) is 0 Å². The van der Waals surface area contributed by atoms with Crippen LogP contribution in [0.1, 0.15) is 0 Å². The second-order valence-electron chi connectivity index (χ2n) is 28.4. The van der Waals surface area contributed by atoms with Crippen molar-refractivity contribution in [2.24, 2.45) is 0 Å². The molecule has 0 atom stereocenters. The topological polar surface area (TPSA) is 67.9 Å². The molecule has 8 heteroatoms. The number of anilines is 6. The summed E-state index contributed by atoms with van der Waals surface area (Å²) in [5.74, 6) is 0. The van der Waals surface area contributed by atoms with Crippen LogP contribution in [0, 0.1) is 0 Å². The van der Waals surface area contributed by atoms with E-state index in [9.17, 15) is 0 Å². The summed E-state index contributed by atoms with van der Waals surface area (Å²) in [4.78, 5) is 25.9. The fourth-order valence-corrected chi connectivity index (χ4v) is 16.2. The molecule has 0 bridgehead atoms. The van der Waals surface area contributed by atoms with E-state index in [4.69, 9.17) is 19.9 Å². The van der Waals surface area contributed by atoms with E-state index in [2.05, 4.69) is 419 Å². The highest BCUT2D eigenvalue weighted by molar-refractivity contribution is 6.18. The maximum Gasteiger partial charge on any atom is 0.0973 e. The van der Waals surface area contributed by atoms with Crippen LogP contribution in [0.4, 0.5) is 34.1 Å². The van der Waals surface area contributed by atoms with Crippen molar-refractivity contribution >= 4 is 99.8 Å². The van der Waals surface area contributed by atoms with Gasteiger partial charge in [-0.25, -0.2) is 19.9 Å². The Kier molecular flexibility index (Phi) is 17.8. The van der Waals surface area contributed by atoms with Crippen LogP contribution in [0.2, 0.25) is 0 Å². The molecule has 4 heterocycles. The van der Waals surface area contributed by atoms with Crippen LogP contribution in [0.15, 0.2) is 437 Å². The van der Waals surface area contributed by atoms with E-state index in [1.54, 1.807) is 0 Å². The molecule has 4 aromatic heterocycles. The number of hydrogen-bond acceptors (Lipinski definition) is 6. The zero-order valence-corrected chi connectivity index (χ0v) is 62.1. The molecule has 0 spiro atoms. The van der Waals surface area contributed by atoms with Crippen molar-refractivity contribution in [1.29, 1.82) is 0 Å². The summed E-state index contributed by atoms with van der Waals surface area (Å²) in [6, 6.07) is 154. The van der Waals surface area contributed by atoms with Gasteiger partial charge in [0.15, 0.2) is 0 Å². The zero-order chi connectivity index (χ0) is 75.7. The standard InChI is InChI=1S/C56H38N4.C50H34N4/c1-5-16-39(17-6-1)41-28-32-45(33-29-41)59(46-34-30-42(31-35-46)40-18-7-2-8-19-40)52-26-15-27-53-54(52)48-24-13-14-25-51(48)60(53)47-36-37-49-50(38-47)58-56(44-22-11-4-12-23-44)55(57-49)43-20-9-3-10-21-43;1-5-16-35(17-6-1)36-28-30-40(31-29-36)53(39-22-11-4-12-23-39)46-26-15-27-47-48(46)42-24-13-14-25-45(42)54(47)41-32-33-43-44(34-41)52-50(38-20-9-3-10-21-38)49(51-43)37-18-7-2-8-19-37/h1-38H;1-34H. The predicted octanol–water partition coefficient (Wildman–Crippen LogP) is 28.1. The van der Waals surface area contributed by atoms with Crippen molar-refractivity contribution in [2.75, 3.05) is 9.80 Å². The highest BCUT2D eigenvalue weighted by atomic mass is 15.2. The molecular weight excluding hydrogens is 1390 g/mol. The molecule has 536 valence electrons. The SMILES string of the molecule is c1ccc(-c2ccc(N(c3ccc(-c4ccccc4)cc3)c3cccc4c3c3ccccc3n4-c3ccc4nc(-c5ccccc5)c(-c5ccccc5)nc4c3)cc2)cc1.c1ccc(-c2ccc(N(c3ccccc3)c3cccc4c3c3ccccc3n4-c3ccc4nc(-c5ccccc5)c(-c5ccccc5)nc4c3)cc2)cc1. The number of hydrogen-bond donors (Lipinski definition) is 0. The lowest BCUT2D eigenvalue weighted by molar-refractivity contribution is 1.17. The van der Waals surface area contributed by atoms with Gasteiger partial charge in [0.25, 0.3) is 0 Å². The highest BCUT2D eigenvalue weighted by Gasteiger charge is 2.26. The molecule has 0 saturated heterocycles. The molecule has 21 aromatic rings. The first-order valence-corrected chi connectivity index (χ1v) is 38.6. The van der Waals surface area contributed by atoms with Crippen molar-refractivity contribution in [2.45, 2.75) is 0 Å². The summed E-state index contributed by atoms with van der Waals surface area (Å²) < 4.78 is 4.74. The van der Waals surface area contributed by atoms with Gasteiger partial charge in [0.1, 0.15) is 0 Å². The van der Waals surface area contributed by atoms with Crippen molar-refractivity contribution in [1.82, 2.24) is 29.1 Å². The van der Waals surface area contributed by atoms with Crippen molar-refractivity contribution in [3.8, 4) is 89.8 Å². The molecular formula is C106H72N8. The average Bonchev–Trinajstić information content (AvgIpc) is 1.57. The lowest BCUT2D eigenvalue weighted by atomic mass is 10.0. The minimum Gasteiger partial charge on any atom is -0.310 e. The summed E-state index contributed by atoms with van der Waals surface area (Å²) in [6.07, 6.45) is 0. The molecule has 0 aliphatic heterocycles. The van der Waals surface area contributed by atoms with E-state index in [1.165, 1.54) is 54.9 Å². The molecule has 8 nitrogen and oxygen atoms in total. The maximum atomic E-state index is 5.35. The van der Waals surface area contributed by atoms with E-state index in [0.717, 1.165) is 135 Å². The van der Waals surface area contributed by atoms with Crippen LogP contribution in [0.25, 0.3) is 155 Å². The summed E-state index contributed by atoms with van der Waals surface area (Å²) in [5.41, 5.74) is 31.3. The Morgan fingerprint density at radius 1 is 0.175 bits per heavy atom. The smallest absolute Gasteiger partial charge is 0.0973 e. The highest BCUT2D eigenvalue weighted by Crippen LogP contribution is 2.48. The van der Waals surface area contributed by atoms with Crippen LogP contribution in [-0.4, -0.2) is 29.1 Å². The van der Waals surface area contributed by atoms with Gasteiger partial charge in [-0.2, -0.15) is 0 Å². The molecule has 0 unspecified atom stereocenters. The van der Waals surface area contributed by atoms with E-state index >= 15 is 0 Å². The first kappa shape index (κ1) is 67.9. The van der Waals surface area contributed by atoms with Gasteiger partial charge in [0.05, 0.1) is 78.3 Å². The number of para-hydroxylation sites is 3. The first-order valence-electron chi connectivity index (χ1n) is 38.6. The molecule has 0 aliphatic rings. The Morgan fingerprint density at radius 2 is 0.421 bits per heavy atom. The summed E-state index contributed by atoms with van der Waals surface area (Å²) in [7, 11) is 0. The molecule has 17 aromatic carbocycles. The third-order valence-corrected chi connectivity index (χ3v) is 21.5. The van der Waals surface area contributed by atoms with Gasteiger partial charge in [-0.1, -0.05) is 315 Å². The summed E-state index contributed by atoms with van der Waals surface area (Å²) in [6.45, 7) is 0. The van der Waals surface area contributed by atoms with E-state index in [0.29, 0.717) is 0 Å². The number of aromatic nitrogens is 6. The molecule has 0 N–H and O–H groups in total. The fraction of sp³-hybridized carbons (Fsp3) is 0. The third-order valence-electron chi connectivity index (χ3n) is 21.5. The van der Waals surface area contributed by atoms with Gasteiger partial charge in [-0.05, 0) is 155 Å². The first-order chi connectivity index (χ1) is 56.6. The Labute approximate surface area is 661 Å². The third kappa shape index (κ3) is 12.8. The molecule has 0 fully saturated rings. The Morgan fingerprint density at radius 3 is 0.737 bits per heavy atom. The number of fused-ring (bicyclic) bond motifs is 8. The molecule has 0 saturated carbocycles. The second-order valence-corrected chi connectivity index (χ2v) is 28.4. The van der Waals surface area contributed by atoms with Crippen LogP contribution >= 0.6 is 0 Å².